The van der Waals surface area contributed by atoms with Crippen molar-refractivity contribution in [3.8, 4) is 17.2 Å². The number of aliphatic hydroxyl groups is 1. The van der Waals surface area contributed by atoms with E-state index < -0.39 is 17.7 Å². The number of Topliss-reactive ketones (excluding diaryl/α,β-unsaturated/α-hetero) is 1. The summed E-state index contributed by atoms with van der Waals surface area (Å²) in [6.07, 6.45) is 3.32. The number of benzene rings is 1. The lowest BCUT2D eigenvalue weighted by Gasteiger charge is -2.25. The first kappa shape index (κ1) is 24.9. The first-order valence-electron chi connectivity index (χ1n) is 11.9. The lowest BCUT2D eigenvalue weighted by atomic mass is 9.95. The number of aryl methyl sites for hydroxylation is 2. The van der Waals surface area contributed by atoms with Gasteiger partial charge in [-0.1, -0.05) is 6.07 Å². The molecule has 1 fully saturated rings. The van der Waals surface area contributed by atoms with Crippen LogP contribution in [-0.4, -0.2) is 52.4 Å². The predicted octanol–water partition coefficient (Wildman–Crippen LogP) is 4.19. The van der Waals surface area contributed by atoms with E-state index >= 15 is 0 Å². The number of methoxy groups -OCH3 is 3. The standard InChI is InChI=1S/C28H27N3O7/c1-15-8-6-10-30-16(2)22(29-27(15)30)24(32)21-23(17-12-19(35-3)26(37-5)20(13-17)36-4)31(28(34)25(21)33)14-18-9-7-11-38-18/h6-13,23,32H,14H2,1-5H3/b24-21+. The van der Waals surface area contributed by atoms with E-state index in [1.165, 1.54) is 32.5 Å². The Balaban J connectivity index is 1.76. The maximum atomic E-state index is 13.5. The molecule has 1 saturated heterocycles. The van der Waals surface area contributed by atoms with Gasteiger partial charge in [-0.2, -0.15) is 0 Å². The smallest absolute Gasteiger partial charge is 0.296 e. The zero-order chi connectivity index (χ0) is 27.1. The molecule has 0 spiro atoms. The third kappa shape index (κ3) is 3.85. The van der Waals surface area contributed by atoms with E-state index in [1.54, 1.807) is 31.2 Å². The van der Waals surface area contributed by atoms with E-state index in [1.807, 2.05) is 29.7 Å². The molecule has 1 aliphatic heterocycles. The van der Waals surface area contributed by atoms with E-state index in [9.17, 15) is 14.7 Å². The van der Waals surface area contributed by atoms with Crippen molar-refractivity contribution in [3.05, 3.63) is 82.7 Å². The molecule has 0 saturated carbocycles. The van der Waals surface area contributed by atoms with Gasteiger partial charge in [0.05, 0.1) is 51.4 Å². The van der Waals surface area contributed by atoms with Gasteiger partial charge in [0.1, 0.15) is 17.1 Å². The Kier molecular flexibility index (Phi) is 6.31. The maximum absolute atomic E-state index is 13.5. The Morgan fingerprint density at radius 2 is 1.76 bits per heavy atom. The molecule has 1 N–H and O–H groups in total. The van der Waals surface area contributed by atoms with Crippen LogP contribution in [0.2, 0.25) is 0 Å². The Labute approximate surface area is 218 Å². The van der Waals surface area contributed by atoms with Crippen molar-refractivity contribution < 1.29 is 33.3 Å². The van der Waals surface area contributed by atoms with Gasteiger partial charge in [-0.05, 0) is 55.3 Å². The number of fused-ring (bicyclic) bond motifs is 1. The Morgan fingerprint density at radius 1 is 1.05 bits per heavy atom. The summed E-state index contributed by atoms with van der Waals surface area (Å²) < 4.78 is 23.8. The number of hydrogen-bond donors (Lipinski definition) is 1. The average molecular weight is 518 g/mol. The number of likely N-dealkylation sites (tertiary alicyclic amines) is 1. The number of aliphatic hydroxyl groups excluding tert-OH is 1. The number of nitrogens with zero attached hydrogens (tertiary/aromatic N) is 3. The van der Waals surface area contributed by atoms with Crippen molar-refractivity contribution in [1.82, 2.24) is 14.3 Å². The molecule has 0 aliphatic carbocycles. The Morgan fingerprint density at radius 3 is 2.34 bits per heavy atom. The molecule has 1 aromatic carbocycles. The number of carbonyl (C=O) groups excluding carboxylic acids is 2. The maximum Gasteiger partial charge on any atom is 0.296 e. The van der Waals surface area contributed by atoms with Gasteiger partial charge in [-0.25, -0.2) is 4.98 Å². The number of amides is 1. The molecule has 196 valence electrons. The van der Waals surface area contributed by atoms with Crippen molar-refractivity contribution in [2.24, 2.45) is 0 Å². The average Bonchev–Trinajstić information content (AvgIpc) is 3.62. The second-order valence-electron chi connectivity index (χ2n) is 8.90. The van der Waals surface area contributed by atoms with Crippen LogP contribution in [-0.2, 0) is 16.1 Å². The molecule has 1 unspecified atom stereocenters. The van der Waals surface area contributed by atoms with Crippen LogP contribution in [0.25, 0.3) is 11.4 Å². The molecule has 5 rings (SSSR count). The molecule has 0 bridgehead atoms. The molecular weight excluding hydrogens is 490 g/mol. The number of imidazole rings is 1. The van der Waals surface area contributed by atoms with E-state index in [0.717, 1.165) is 5.56 Å². The van der Waals surface area contributed by atoms with Crippen LogP contribution in [0.5, 0.6) is 17.2 Å². The highest BCUT2D eigenvalue weighted by Crippen LogP contribution is 2.46. The van der Waals surface area contributed by atoms with Crippen LogP contribution in [0, 0.1) is 13.8 Å². The molecular formula is C28H27N3O7. The molecule has 1 amide bonds. The van der Waals surface area contributed by atoms with Crippen LogP contribution in [0.1, 0.15) is 34.3 Å². The minimum absolute atomic E-state index is 0.00106. The van der Waals surface area contributed by atoms with E-state index in [4.69, 9.17) is 18.6 Å². The number of pyridine rings is 1. The monoisotopic (exact) mass is 517 g/mol. The minimum Gasteiger partial charge on any atom is -0.505 e. The third-order valence-corrected chi connectivity index (χ3v) is 6.76. The van der Waals surface area contributed by atoms with E-state index in [2.05, 4.69) is 4.98 Å². The van der Waals surface area contributed by atoms with Crippen molar-refractivity contribution in [3.63, 3.8) is 0 Å². The SMILES string of the molecule is COc1cc(C2/C(=C(\O)c3nc4c(C)cccn4c3C)C(=O)C(=O)N2Cc2ccco2)cc(OC)c1OC. The predicted molar refractivity (Wildman–Crippen MR) is 137 cm³/mol. The van der Waals surface area contributed by atoms with E-state index in [0.29, 0.717) is 39.9 Å². The molecule has 3 aromatic heterocycles. The Hall–Kier alpha value is -4.73. The van der Waals surface area contributed by atoms with Gasteiger partial charge in [0.2, 0.25) is 5.75 Å². The second-order valence-corrected chi connectivity index (χ2v) is 8.90. The molecule has 1 atom stereocenters. The minimum atomic E-state index is -0.987. The first-order chi connectivity index (χ1) is 18.3. The lowest BCUT2D eigenvalue weighted by molar-refractivity contribution is -0.140. The van der Waals surface area contributed by atoms with Gasteiger partial charge in [0.25, 0.3) is 11.7 Å². The number of hydrogen-bond acceptors (Lipinski definition) is 8. The van der Waals surface area contributed by atoms with Crippen molar-refractivity contribution in [1.29, 1.82) is 0 Å². The fraction of sp³-hybridized carbons (Fsp3) is 0.250. The van der Waals surface area contributed by atoms with Gasteiger partial charge >= 0.3 is 0 Å². The number of furan rings is 1. The fourth-order valence-corrected chi connectivity index (χ4v) is 4.89. The highest BCUT2D eigenvalue weighted by Gasteiger charge is 2.47. The third-order valence-electron chi connectivity index (χ3n) is 6.76. The molecule has 4 heterocycles. The molecule has 10 nitrogen and oxygen atoms in total. The summed E-state index contributed by atoms with van der Waals surface area (Å²) in [4.78, 5) is 32.9. The number of carbonyl (C=O) groups is 2. The van der Waals surface area contributed by atoms with Crippen LogP contribution < -0.4 is 14.2 Å². The van der Waals surface area contributed by atoms with Crippen molar-refractivity contribution >= 4 is 23.1 Å². The summed E-state index contributed by atoms with van der Waals surface area (Å²) in [6.45, 7) is 3.70. The van der Waals surface area contributed by atoms with E-state index in [-0.39, 0.29) is 23.6 Å². The van der Waals surface area contributed by atoms with Gasteiger partial charge in [-0.15, -0.1) is 0 Å². The fourth-order valence-electron chi connectivity index (χ4n) is 4.89. The van der Waals surface area contributed by atoms with Crippen LogP contribution in [0.15, 0.2) is 58.8 Å². The van der Waals surface area contributed by atoms with Gasteiger partial charge in [0, 0.05) is 6.20 Å². The largest absolute Gasteiger partial charge is 0.505 e. The summed E-state index contributed by atoms with van der Waals surface area (Å²) in [6, 6.07) is 9.51. The lowest BCUT2D eigenvalue weighted by Crippen LogP contribution is -2.29. The molecule has 10 heteroatoms. The number of ketones is 1. The van der Waals surface area contributed by atoms with Crippen molar-refractivity contribution in [2.45, 2.75) is 26.4 Å². The molecule has 4 aromatic rings. The normalized spacial score (nSPS) is 16.9. The molecule has 0 radical (unpaired) electrons. The van der Waals surface area contributed by atoms with Crippen LogP contribution >= 0.6 is 0 Å². The number of rotatable bonds is 7. The number of ether oxygens (including phenoxy) is 3. The van der Waals surface area contributed by atoms with Gasteiger partial charge in [0.15, 0.2) is 17.3 Å². The summed E-state index contributed by atoms with van der Waals surface area (Å²) >= 11 is 0. The van der Waals surface area contributed by atoms with Crippen LogP contribution in [0.3, 0.4) is 0 Å². The highest BCUT2D eigenvalue weighted by atomic mass is 16.5. The first-order valence-corrected chi connectivity index (χ1v) is 11.9. The quantitative estimate of drug-likeness (QED) is 0.220. The zero-order valence-electron chi connectivity index (χ0n) is 21.6. The summed E-state index contributed by atoms with van der Waals surface area (Å²) in [5.41, 5.74) is 2.76. The summed E-state index contributed by atoms with van der Waals surface area (Å²) in [5.74, 6) is -0.475. The highest BCUT2D eigenvalue weighted by molar-refractivity contribution is 6.46. The molecule has 38 heavy (non-hydrogen) atoms. The summed E-state index contributed by atoms with van der Waals surface area (Å²) in [7, 11) is 4.43. The Bertz CT molecular complexity index is 1560. The van der Waals surface area contributed by atoms with Crippen molar-refractivity contribution in [2.75, 3.05) is 21.3 Å². The molecule has 1 aliphatic rings. The van der Waals surface area contributed by atoms with Gasteiger partial charge in [-0.3, -0.25) is 9.59 Å². The van der Waals surface area contributed by atoms with Gasteiger partial charge < -0.3 is 33.0 Å². The van der Waals surface area contributed by atoms with Crippen LogP contribution in [0.4, 0.5) is 0 Å². The summed E-state index contributed by atoms with van der Waals surface area (Å²) in [5, 5.41) is 11.6. The zero-order valence-corrected chi connectivity index (χ0v) is 21.6. The second kappa shape index (κ2) is 9.62. The topological polar surface area (TPSA) is 116 Å². The number of aromatic nitrogens is 2.